The van der Waals surface area contributed by atoms with E-state index in [2.05, 4.69) is 15.3 Å². The normalized spacial score (nSPS) is 15.4. The van der Waals surface area contributed by atoms with E-state index in [1.807, 2.05) is 0 Å². The van der Waals surface area contributed by atoms with Crippen LogP contribution >= 0.6 is 0 Å². The standard InChI is InChI=1S/C16H13F2N3O3/c17-9-2-3-10(11(18)6-9)16(4-1-5-16)21-14(22)12-7-20-13(8-19-12)15(23)24/h2-3,6-8H,1,4-5H2,(H,21,22)(H,23,24). The van der Waals surface area contributed by atoms with Crippen molar-refractivity contribution in [1.82, 2.24) is 15.3 Å². The summed E-state index contributed by atoms with van der Waals surface area (Å²) in [6.07, 6.45) is 3.85. The van der Waals surface area contributed by atoms with Crippen molar-refractivity contribution < 1.29 is 23.5 Å². The number of halogens is 2. The van der Waals surface area contributed by atoms with Gasteiger partial charge in [0.15, 0.2) is 5.69 Å². The summed E-state index contributed by atoms with van der Waals surface area (Å²) in [6.45, 7) is 0. The lowest BCUT2D eigenvalue weighted by Gasteiger charge is -2.43. The van der Waals surface area contributed by atoms with Crippen molar-refractivity contribution in [3.05, 3.63) is 59.2 Å². The number of nitrogens with zero attached hydrogens (tertiary/aromatic N) is 2. The zero-order valence-corrected chi connectivity index (χ0v) is 12.4. The number of carbonyl (C=O) groups excluding carboxylic acids is 1. The van der Waals surface area contributed by atoms with Gasteiger partial charge in [0.2, 0.25) is 0 Å². The highest BCUT2D eigenvalue weighted by molar-refractivity contribution is 5.93. The average molecular weight is 333 g/mol. The van der Waals surface area contributed by atoms with Gasteiger partial charge in [-0.25, -0.2) is 23.5 Å². The number of rotatable bonds is 4. The molecule has 1 aliphatic carbocycles. The molecule has 1 fully saturated rings. The molecule has 1 saturated carbocycles. The molecule has 0 saturated heterocycles. The van der Waals surface area contributed by atoms with Gasteiger partial charge in [0.1, 0.15) is 17.3 Å². The monoisotopic (exact) mass is 333 g/mol. The van der Waals surface area contributed by atoms with E-state index in [4.69, 9.17) is 5.11 Å². The molecule has 1 aromatic carbocycles. The number of aromatic carboxylic acids is 1. The molecule has 0 unspecified atom stereocenters. The van der Waals surface area contributed by atoms with Gasteiger partial charge in [0.05, 0.1) is 17.9 Å². The Labute approximate surface area is 135 Å². The molecule has 0 bridgehead atoms. The van der Waals surface area contributed by atoms with Crippen LogP contribution < -0.4 is 5.32 Å². The summed E-state index contributed by atoms with van der Waals surface area (Å²) in [5.41, 5.74) is -1.05. The minimum absolute atomic E-state index is 0.0752. The first-order chi connectivity index (χ1) is 11.4. The van der Waals surface area contributed by atoms with Gasteiger partial charge in [0.25, 0.3) is 5.91 Å². The molecule has 0 radical (unpaired) electrons. The van der Waals surface area contributed by atoms with Crippen molar-refractivity contribution in [2.24, 2.45) is 0 Å². The van der Waals surface area contributed by atoms with Crippen LogP contribution in [0.15, 0.2) is 30.6 Å². The van der Waals surface area contributed by atoms with Crippen molar-refractivity contribution >= 4 is 11.9 Å². The number of benzene rings is 1. The summed E-state index contributed by atoms with van der Waals surface area (Å²) < 4.78 is 27.2. The minimum atomic E-state index is -1.25. The molecular weight excluding hydrogens is 320 g/mol. The van der Waals surface area contributed by atoms with Gasteiger partial charge < -0.3 is 10.4 Å². The molecule has 1 amide bonds. The molecule has 1 aliphatic rings. The van der Waals surface area contributed by atoms with E-state index in [9.17, 15) is 18.4 Å². The highest BCUT2D eigenvalue weighted by Crippen LogP contribution is 2.42. The molecular formula is C16H13F2N3O3. The number of aromatic nitrogens is 2. The fourth-order valence-corrected chi connectivity index (χ4v) is 2.71. The van der Waals surface area contributed by atoms with Crippen LogP contribution in [0.1, 0.15) is 45.8 Å². The summed E-state index contributed by atoms with van der Waals surface area (Å²) >= 11 is 0. The lowest BCUT2D eigenvalue weighted by Crippen LogP contribution is -2.51. The fraction of sp³-hybridized carbons (Fsp3) is 0.250. The zero-order valence-electron chi connectivity index (χ0n) is 12.4. The summed E-state index contributed by atoms with van der Waals surface area (Å²) in [6, 6.07) is 3.25. The smallest absolute Gasteiger partial charge is 0.356 e. The number of carboxylic acids is 1. The van der Waals surface area contributed by atoms with E-state index in [1.165, 1.54) is 6.07 Å². The van der Waals surface area contributed by atoms with Crippen molar-refractivity contribution in [1.29, 1.82) is 0 Å². The predicted molar refractivity (Wildman–Crippen MR) is 78.3 cm³/mol. The van der Waals surface area contributed by atoms with Crippen LogP contribution in [0.2, 0.25) is 0 Å². The number of carboxylic acid groups (broad SMARTS) is 1. The maximum atomic E-state index is 14.1. The number of hydrogen-bond donors (Lipinski definition) is 2. The van der Waals surface area contributed by atoms with E-state index >= 15 is 0 Å². The van der Waals surface area contributed by atoms with Gasteiger partial charge in [-0.2, -0.15) is 0 Å². The summed E-state index contributed by atoms with van der Waals surface area (Å²) in [7, 11) is 0. The second-order valence-corrected chi connectivity index (χ2v) is 5.61. The minimum Gasteiger partial charge on any atom is -0.476 e. The van der Waals surface area contributed by atoms with Crippen LogP contribution in [0, 0.1) is 11.6 Å². The van der Waals surface area contributed by atoms with Gasteiger partial charge in [0, 0.05) is 11.6 Å². The summed E-state index contributed by atoms with van der Waals surface area (Å²) in [4.78, 5) is 30.5. The van der Waals surface area contributed by atoms with Crippen molar-refractivity contribution in [2.75, 3.05) is 0 Å². The van der Waals surface area contributed by atoms with Crippen LogP contribution in [-0.4, -0.2) is 27.0 Å². The highest BCUT2D eigenvalue weighted by Gasteiger charge is 2.42. The predicted octanol–water partition coefficient (Wildman–Crippen LogP) is 2.26. The van der Waals surface area contributed by atoms with Gasteiger partial charge in [-0.1, -0.05) is 6.07 Å². The number of amides is 1. The van der Waals surface area contributed by atoms with Gasteiger partial charge in [-0.05, 0) is 25.3 Å². The first-order valence-corrected chi connectivity index (χ1v) is 7.25. The summed E-state index contributed by atoms with van der Waals surface area (Å²) in [5, 5.41) is 11.5. The molecule has 2 aromatic rings. The molecule has 24 heavy (non-hydrogen) atoms. The fourth-order valence-electron chi connectivity index (χ4n) is 2.71. The third kappa shape index (κ3) is 2.82. The molecule has 1 aromatic heterocycles. The first-order valence-electron chi connectivity index (χ1n) is 7.25. The Bertz CT molecular complexity index is 805. The van der Waals surface area contributed by atoms with Crippen molar-refractivity contribution in [3.63, 3.8) is 0 Å². The molecule has 1 heterocycles. The Balaban J connectivity index is 1.84. The Morgan fingerprint density at radius 1 is 1.12 bits per heavy atom. The Hall–Kier alpha value is -2.90. The quantitative estimate of drug-likeness (QED) is 0.895. The molecule has 6 nitrogen and oxygen atoms in total. The Morgan fingerprint density at radius 3 is 2.29 bits per heavy atom. The second-order valence-electron chi connectivity index (χ2n) is 5.61. The van der Waals surface area contributed by atoms with Gasteiger partial charge in [-0.15, -0.1) is 0 Å². The van der Waals surface area contributed by atoms with Crippen LogP contribution in [0.5, 0.6) is 0 Å². The van der Waals surface area contributed by atoms with Crippen LogP contribution in [0.3, 0.4) is 0 Å². The highest BCUT2D eigenvalue weighted by atomic mass is 19.1. The SMILES string of the molecule is O=C(O)c1cnc(C(=O)NC2(c3ccc(F)cc3F)CCC2)cn1. The van der Waals surface area contributed by atoms with Gasteiger partial charge >= 0.3 is 5.97 Å². The lowest BCUT2D eigenvalue weighted by atomic mass is 9.71. The molecule has 0 spiro atoms. The van der Waals surface area contributed by atoms with E-state index < -0.39 is 29.0 Å². The van der Waals surface area contributed by atoms with E-state index in [-0.39, 0.29) is 17.0 Å². The van der Waals surface area contributed by atoms with E-state index in [0.29, 0.717) is 12.8 Å². The number of nitrogens with one attached hydrogen (secondary N) is 1. The van der Waals surface area contributed by atoms with E-state index in [0.717, 1.165) is 30.9 Å². The third-order valence-corrected chi connectivity index (χ3v) is 4.11. The van der Waals surface area contributed by atoms with Crippen molar-refractivity contribution in [2.45, 2.75) is 24.8 Å². The molecule has 0 atom stereocenters. The Kier molecular flexibility index (Phi) is 3.96. The molecule has 0 aliphatic heterocycles. The zero-order chi connectivity index (χ0) is 17.3. The van der Waals surface area contributed by atoms with Crippen molar-refractivity contribution in [3.8, 4) is 0 Å². The maximum Gasteiger partial charge on any atom is 0.356 e. The third-order valence-electron chi connectivity index (χ3n) is 4.11. The van der Waals surface area contributed by atoms with Gasteiger partial charge in [-0.3, -0.25) is 4.79 Å². The second kappa shape index (κ2) is 5.95. The van der Waals surface area contributed by atoms with Crippen LogP contribution in [-0.2, 0) is 5.54 Å². The summed E-state index contributed by atoms with van der Waals surface area (Å²) in [5.74, 6) is -3.25. The molecule has 8 heteroatoms. The average Bonchev–Trinajstić information content (AvgIpc) is 2.51. The maximum absolute atomic E-state index is 14.1. The first kappa shape index (κ1) is 16.0. The van der Waals surface area contributed by atoms with Crippen LogP contribution in [0.25, 0.3) is 0 Å². The largest absolute Gasteiger partial charge is 0.476 e. The molecule has 2 N–H and O–H groups in total. The topological polar surface area (TPSA) is 92.2 Å². The number of carbonyl (C=O) groups is 2. The van der Waals surface area contributed by atoms with E-state index in [1.54, 1.807) is 0 Å². The lowest BCUT2D eigenvalue weighted by molar-refractivity contribution is 0.0687. The van der Waals surface area contributed by atoms with Crippen LogP contribution in [0.4, 0.5) is 8.78 Å². The molecule has 3 rings (SSSR count). The Morgan fingerprint density at radius 2 is 1.79 bits per heavy atom. The number of hydrogen-bond acceptors (Lipinski definition) is 4. The molecule has 124 valence electrons.